The van der Waals surface area contributed by atoms with Crippen molar-refractivity contribution in [2.24, 2.45) is 0 Å². The van der Waals surface area contributed by atoms with Crippen LogP contribution in [-0.4, -0.2) is 30.9 Å². The van der Waals surface area contributed by atoms with Crippen LogP contribution in [0.4, 0.5) is 0 Å². The molecule has 112 valence electrons. The maximum Gasteiger partial charge on any atom is 0.0914 e. The number of fused-ring (bicyclic) bond motifs is 1. The van der Waals surface area contributed by atoms with E-state index in [4.69, 9.17) is 4.74 Å². The molecule has 0 saturated carbocycles. The van der Waals surface area contributed by atoms with E-state index >= 15 is 0 Å². The van der Waals surface area contributed by atoms with Crippen molar-refractivity contribution in [3.63, 3.8) is 0 Å². The van der Waals surface area contributed by atoms with E-state index in [9.17, 15) is 5.11 Å². The van der Waals surface area contributed by atoms with E-state index < -0.39 is 6.10 Å². The largest absolute Gasteiger partial charge is 0.387 e. The Morgan fingerprint density at radius 3 is 2.85 bits per heavy atom. The van der Waals surface area contributed by atoms with Gasteiger partial charge in [-0.1, -0.05) is 18.2 Å². The van der Waals surface area contributed by atoms with Crippen molar-refractivity contribution < 1.29 is 9.84 Å². The zero-order chi connectivity index (χ0) is 14.4. The molecular formula is C17H27NO2. The fourth-order valence-electron chi connectivity index (χ4n) is 2.67. The lowest BCUT2D eigenvalue weighted by molar-refractivity contribution is 0.0763. The summed E-state index contributed by atoms with van der Waals surface area (Å²) in [6, 6.07) is 6.42. The van der Waals surface area contributed by atoms with Crippen LogP contribution >= 0.6 is 0 Å². The fraction of sp³-hybridized carbons (Fsp3) is 0.647. The minimum Gasteiger partial charge on any atom is -0.387 e. The lowest BCUT2D eigenvalue weighted by Gasteiger charge is -2.14. The van der Waals surface area contributed by atoms with E-state index in [2.05, 4.69) is 23.5 Å². The van der Waals surface area contributed by atoms with Gasteiger partial charge in [0.15, 0.2) is 0 Å². The second kappa shape index (κ2) is 7.77. The predicted molar refractivity (Wildman–Crippen MR) is 82.0 cm³/mol. The molecule has 1 aliphatic rings. The van der Waals surface area contributed by atoms with Gasteiger partial charge in [-0.25, -0.2) is 0 Å². The zero-order valence-electron chi connectivity index (χ0n) is 12.7. The average molecular weight is 277 g/mol. The molecule has 2 N–H and O–H groups in total. The van der Waals surface area contributed by atoms with Gasteiger partial charge in [0.1, 0.15) is 0 Å². The van der Waals surface area contributed by atoms with Gasteiger partial charge in [0.25, 0.3) is 0 Å². The molecule has 0 saturated heterocycles. The summed E-state index contributed by atoms with van der Waals surface area (Å²) in [5, 5.41) is 13.5. The van der Waals surface area contributed by atoms with Gasteiger partial charge in [-0.15, -0.1) is 0 Å². The molecule has 3 heteroatoms. The molecule has 0 spiro atoms. The number of ether oxygens (including phenoxy) is 1. The number of rotatable bonds is 8. The number of hydrogen-bond donors (Lipinski definition) is 2. The Morgan fingerprint density at radius 2 is 2.05 bits per heavy atom. The maximum atomic E-state index is 10.2. The Labute approximate surface area is 122 Å². The summed E-state index contributed by atoms with van der Waals surface area (Å²) in [6.45, 7) is 6.37. The standard InChI is InChI=1S/C17H27NO2/c1-13(2)20-10-4-9-18-12-17(19)16-8-7-14-5-3-6-15(14)11-16/h7-8,11,13,17-19H,3-6,9-10,12H2,1-2H3. The second-order valence-corrected chi connectivity index (χ2v) is 5.87. The Kier molecular flexibility index (Phi) is 6.02. The molecule has 0 bridgehead atoms. The highest BCUT2D eigenvalue weighted by Gasteiger charge is 2.14. The molecule has 1 aliphatic carbocycles. The molecular weight excluding hydrogens is 250 g/mol. The van der Waals surface area contributed by atoms with Crippen molar-refractivity contribution in [2.45, 2.75) is 51.7 Å². The normalized spacial score (nSPS) is 15.6. The first-order valence-electron chi connectivity index (χ1n) is 7.79. The van der Waals surface area contributed by atoms with Gasteiger partial charge >= 0.3 is 0 Å². The SMILES string of the molecule is CC(C)OCCCNCC(O)c1ccc2c(c1)CCC2. The first-order valence-corrected chi connectivity index (χ1v) is 7.79. The fourth-order valence-corrected chi connectivity index (χ4v) is 2.67. The van der Waals surface area contributed by atoms with Crippen LogP contribution in [-0.2, 0) is 17.6 Å². The van der Waals surface area contributed by atoms with E-state index in [0.29, 0.717) is 12.6 Å². The molecule has 0 radical (unpaired) electrons. The molecule has 0 amide bonds. The minimum absolute atomic E-state index is 0.298. The van der Waals surface area contributed by atoms with Crippen molar-refractivity contribution in [1.82, 2.24) is 5.32 Å². The molecule has 0 fully saturated rings. The Balaban J connectivity index is 1.68. The topological polar surface area (TPSA) is 41.5 Å². The molecule has 20 heavy (non-hydrogen) atoms. The summed E-state index contributed by atoms with van der Waals surface area (Å²) < 4.78 is 5.48. The number of hydrogen-bond acceptors (Lipinski definition) is 3. The van der Waals surface area contributed by atoms with Crippen LogP contribution in [0, 0.1) is 0 Å². The average Bonchev–Trinajstić information content (AvgIpc) is 2.89. The molecule has 0 heterocycles. The smallest absolute Gasteiger partial charge is 0.0914 e. The Morgan fingerprint density at radius 1 is 1.25 bits per heavy atom. The summed E-state index contributed by atoms with van der Waals surface area (Å²) in [7, 11) is 0. The molecule has 2 rings (SSSR count). The van der Waals surface area contributed by atoms with Crippen molar-refractivity contribution in [3.8, 4) is 0 Å². The van der Waals surface area contributed by atoms with Gasteiger partial charge in [-0.2, -0.15) is 0 Å². The summed E-state index contributed by atoms with van der Waals surface area (Å²) in [6.07, 6.45) is 4.48. The summed E-state index contributed by atoms with van der Waals surface area (Å²) in [5.74, 6) is 0. The molecule has 1 aromatic rings. The van der Waals surface area contributed by atoms with Gasteiger partial charge < -0.3 is 15.2 Å². The third-order valence-electron chi connectivity index (χ3n) is 3.79. The minimum atomic E-state index is -0.410. The van der Waals surface area contributed by atoms with Crippen LogP contribution in [0.2, 0.25) is 0 Å². The van der Waals surface area contributed by atoms with E-state index in [0.717, 1.165) is 31.6 Å². The van der Waals surface area contributed by atoms with E-state index in [1.54, 1.807) is 0 Å². The van der Waals surface area contributed by atoms with Crippen LogP contribution in [0.3, 0.4) is 0 Å². The first kappa shape index (κ1) is 15.5. The maximum absolute atomic E-state index is 10.2. The number of aliphatic hydroxyl groups is 1. The van der Waals surface area contributed by atoms with Crippen LogP contribution in [0.25, 0.3) is 0 Å². The van der Waals surface area contributed by atoms with Crippen LogP contribution in [0.15, 0.2) is 18.2 Å². The van der Waals surface area contributed by atoms with Gasteiger partial charge in [-0.3, -0.25) is 0 Å². The van der Waals surface area contributed by atoms with Gasteiger partial charge in [0.05, 0.1) is 12.2 Å². The van der Waals surface area contributed by atoms with Gasteiger partial charge in [-0.05, 0) is 62.8 Å². The number of aryl methyl sites for hydroxylation is 2. The molecule has 1 aromatic carbocycles. The monoisotopic (exact) mass is 277 g/mol. The molecule has 1 atom stereocenters. The molecule has 0 aliphatic heterocycles. The van der Waals surface area contributed by atoms with E-state index in [1.807, 2.05) is 13.8 Å². The van der Waals surface area contributed by atoms with Crippen molar-refractivity contribution >= 4 is 0 Å². The Hall–Kier alpha value is -0.900. The van der Waals surface area contributed by atoms with Crippen molar-refractivity contribution in [1.29, 1.82) is 0 Å². The summed E-state index contributed by atoms with van der Waals surface area (Å²) >= 11 is 0. The quantitative estimate of drug-likeness (QED) is 0.718. The van der Waals surface area contributed by atoms with E-state index in [1.165, 1.54) is 24.0 Å². The second-order valence-electron chi connectivity index (χ2n) is 5.87. The molecule has 1 unspecified atom stereocenters. The van der Waals surface area contributed by atoms with Gasteiger partial charge in [0, 0.05) is 13.2 Å². The molecule has 3 nitrogen and oxygen atoms in total. The van der Waals surface area contributed by atoms with Crippen molar-refractivity contribution in [3.05, 3.63) is 34.9 Å². The third-order valence-corrected chi connectivity index (χ3v) is 3.79. The lowest BCUT2D eigenvalue weighted by Crippen LogP contribution is -2.23. The Bertz CT molecular complexity index is 417. The highest BCUT2D eigenvalue weighted by molar-refractivity contribution is 5.36. The highest BCUT2D eigenvalue weighted by atomic mass is 16.5. The van der Waals surface area contributed by atoms with Crippen LogP contribution in [0.5, 0.6) is 0 Å². The summed E-state index contributed by atoms with van der Waals surface area (Å²) in [5.41, 5.74) is 3.92. The van der Waals surface area contributed by atoms with Crippen molar-refractivity contribution in [2.75, 3.05) is 19.7 Å². The number of aliphatic hydroxyl groups excluding tert-OH is 1. The third kappa shape index (κ3) is 4.58. The summed E-state index contributed by atoms with van der Waals surface area (Å²) in [4.78, 5) is 0. The first-order chi connectivity index (χ1) is 9.66. The zero-order valence-corrected chi connectivity index (χ0v) is 12.7. The lowest BCUT2D eigenvalue weighted by atomic mass is 10.0. The number of nitrogens with one attached hydrogen (secondary N) is 1. The number of benzene rings is 1. The predicted octanol–water partition coefficient (Wildman–Crippen LogP) is 2.61. The van der Waals surface area contributed by atoms with Crippen LogP contribution < -0.4 is 5.32 Å². The van der Waals surface area contributed by atoms with Gasteiger partial charge in [0.2, 0.25) is 0 Å². The van der Waals surface area contributed by atoms with E-state index in [-0.39, 0.29) is 0 Å². The molecule has 0 aromatic heterocycles. The van der Waals surface area contributed by atoms with Crippen LogP contribution in [0.1, 0.15) is 49.5 Å². The highest BCUT2D eigenvalue weighted by Crippen LogP contribution is 2.25.